The van der Waals surface area contributed by atoms with Gasteiger partial charge in [-0.1, -0.05) is 0 Å². The lowest BCUT2D eigenvalue weighted by Gasteiger charge is -2.29. The lowest BCUT2D eigenvalue weighted by atomic mass is 9.98. The molecule has 0 aliphatic carbocycles. The van der Waals surface area contributed by atoms with Crippen molar-refractivity contribution < 1.29 is 9.47 Å². The fourth-order valence-corrected chi connectivity index (χ4v) is 1.63. The highest BCUT2D eigenvalue weighted by molar-refractivity contribution is 5.43. The molecule has 1 aliphatic rings. The average Bonchev–Trinajstić information content (AvgIpc) is 2.15. The van der Waals surface area contributed by atoms with E-state index in [1.54, 1.807) is 20.4 Å². The number of nitrogens with one attached hydrogen (secondary N) is 1. The molecule has 76 valence electrons. The Labute approximate surface area is 83.2 Å². The summed E-state index contributed by atoms with van der Waals surface area (Å²) in [5, 5.41) is 3.31. The first-order valence-corrected chi connectivity index (χ1v) is 4.67. The Kier molecular flexibility index (Phi) is 2.54. The molecule has 0 spiro atoms. The summed E-state index contributed by atoms with van der Waals surface area (Å²) in [4.78, 5) is 4.17. The van der Waals surface area contributed by atoms with Crippen LogP contribution in [0.25, 0.3) is 0 Å². The molecule has 1 fully saturated rings. The second kappa shape index (κ2) is 3.84. The van der Waals surface area contributed by atoms with Gasteiger partial charge in [-0.25, -0.2) is 4.98 Å². The van der Waals surface area contributed by atoms with Crippen LogP contribution in [0.1, 0.15) is 18.0 Å². The molecule has 0 aromatic carbocycles. The maximum atomic E-state index is 5.28. The van der Waals surface area contributed by atoms with Crippen molar-refractivity contribution in [3.05, 3.63) is 17.8 Å². The van der Waals surface area contributed by atoms with Gasteiger partial charge in [0.05, 0.1) is 19.8 Å². The monoisotopic (exact) mass is 194 g/mol. The smallest absolute Gasteiger partial charge is 0.221 e. The van der Waals surface area contributed by atoms with E-state index in [0.717, 1.165) is 24.3 Å². The third-order valence-electron chi connectivity index (χ3n) is 2.50. The number of nitrogens with zero attached hydrogens (tertiary/aromatic N) is 1. The molecule has 0 amide bonds. The predicted octanol–water partition coefficient (Wildman–Crippen LogP) is 1.13. The Morgan fingerprint density at radius 2 is 2.21 bits per heavy atom. The number of ether oxygens (including phenoxy) is 2. The molecule has 4 heteroatoms. The summed E-state index contributed by atoms with van der Waals surface area (Å²) in [5.74, 6) is 1.50. The van der Waals surface area contributed by atoms with Crippen LogP contribution < -0.4 is 14.8 Å². The minimum absolute atomic E-state index is 0.327. The first-order chi connectivity index (χ1) is 6.86. The van der Waals surface area contributed by atoms with Crippen molar-refractivity contribution in [1.29, 1.82) is 0 Å². The van der Waals surface area contributed by atoms with Gasteiger partial charge in [-0.05, 0) is 19.0 Å². The van der Waals surface area contributed by atoms with E-state index >= 15 is 0 Å². The first-order valence-electron chi connectivity index (χ1n) is 4.67. The Balaban J connectivity index is 2.39. The van der Waals surface area contributed by atoms with E-state index in [4.69, 9.17) is 9.47 Å². The van der Waals surface area contributed by atoms with Crippen LogP contribution in [0.15, 0.2) is 12.3 Å². The highest BCUT2D eigenvalue weighted by atomic mass is 16.5. The molecule has 0 bridgehead atoms. The standard InChI is InChI=1S/C10H14N2O2/c1-13-8-4-6-12-10(14-2)9(8)7-3-5-11-7/h4,6-7,11H,3,5H2,1-2H3. The van der Waals surface area contributed by atoms with E-state index < -0.39 is 0 Å². The average molecular weight is 194 g/mol. The van der Waals surface area contributed by atoms with Crippen LogP contribution in [0.5, 0.6) is 11.6 Å². The Hall–Kier alpha value is -1.29. The molecule has 1 unspecified atom stereocenters. The Bertz CT molecular complexity index is 302. The third-order valence-corrected chi connectivity index (χ3v) is 2.50. The summed E-state index contributed by atoms with van der Waals surface area (Å²) >= 11 is 0. The van der Waals surface area contributed by atoms with Crippen molar-refractivity contribution in [3.8, 4) is 11.6 Å². The molecule has 4 nitrogen and oxygen atoms in total. The maximum absolute atomic E-state index is 5.28. The molecule has 14 heavy (non-hydrogen) atoms. The van der Waals surface area contributed by atoms with Crippen LogP contribution in [0, 0.1) is 0 Å². The van der Waals surface area contributed by atoms with Crippen molar-refractivity contribution in [1.82, 2.24) is 10.3 Å². The van der Waals surface area contributed by atoms with Crippen molar-refractivity contribution in [2.24, 2.45) is 0 Å². The second-order valence-electron chi connectivity index (χ2n) is 3.23. The van der Waals surface area contributed by atoms with Gasteiger partial charge < -0.3 is 14.8 Å². The predicted molar refractivity (Wildman–Crippen MR) is 52.7 cm³/mol. The molecule has 0 radical (unpaired) electrons. The second-order valence-corrected chi connectivity index (χ2v) is 3.23. The lowest BCUT2D eigenvalue weighted by molar-refractivity contribution is 0.323. The Morgan fingerprint density at radius 1 is 1.43 bits per heavy atom. The summed E-state index contributed by atoms with van der Waals surface area (Å²) in [6.07, 6.45) is 2.80. The van der Waals surface area contributed by atoms with E-state index in [2.05, 4.69) is 10.3 Å². The molecule has 1 atom stereocenters. The van der Waals surface area contributed by atoms with Crippen LogP contribution in [-0.2, 0) is 0 Å². The molecular weight excluding hydrogens is 180 g/mol. The van der Waals surface area contributed by atoms with Crippen molar-refractivity contribution in [2.45, 2.75) is 12.5 Å². The fourth-order valence-electron chi connectivity index (χ4n) is 1.63. The normalized spacial score (nSPS) is 20.0. The topological polar surface area (TPSA) is 43.4 Å². The van der Waals surface area contributed by atoms with Gasteiger partial charge in [-0.2, -0.15) is 0 Å². The van der Waals surface area contributed by atoms with E-state index in [0.29, 0.717) is 11.9 Å². The summed E-state index contributed by atoms with van der Waals surface area (Å²) in [6, 6.07) is 2.19. The molecule has 1 N–H and O–H groups in total. The first kappa shape index (κ1) is 9.27. The van der Waals surface area contributed by atoms with E-state index in [9.17, 15) is 0 Å². The van der Waals surface area contributed by atoms with E-state index in [-0.39, 0.29) is 0 Å². The number of hydrogen-bond donors (Lipinski definition) is 1. The van der Waals surface area contributed by atoms with Crippen LogP contribution in [0.4, 0.5) is 0 Å². The number of hydrogen-bond acceptors (Lipinski definition) is 4. The zero-order valence-corrected chi connectivity index (χ0v) is 8.41. The SMILES string of the molecule is COc1ccnc(OC)c1C1CCN1. The molecular formula is C10H14N2O2. The van der Waals surface area contributed by atoms with Gasteiger partial charge in [-0.15, -0.1) is 0 Å². The number of methoxy groups -OCH3 is 2. The van der Waals surface area contributed by atoms with Gasteiger partial charge in [0.1, 0.15) is 5.75 Å². The zero-order chi connectivity index (χ0) is 9.97. The molecule has 2 rings (SSSR count). The van der Waals surface area contributed by atoms with Gasteiger partial charge >= 0.3 is 0 Å². The van der Waals surface area contributed by atoms with Crippen molar-refractivity contribution >= 4 is 0 Å². The number of pyridine rings is 1. The zero-order valence-electron chi connectivity index (χ0n) is 8.41. The molecule has 2 heterocycles. The minimum Gasteiger partial charge on any atom is -0.496 e. The maximum Gasteiger partial charge on any atom is 0.221 e. The van der Waals surface area contributed by atoms with Gasteiger partial charge in [0.25, 0.3) is 0 Å². The van der Waals surface area contributed by atoms with Crippen molar-refractivity contribution in [2.75, 3.05) is 20.8 Å². The highest BCUT2D eigenvalue weighted by Crippen LogP contribution is 2.36. The minimum atomic E-state index is 0.327. The summed E-state index contributed by atoms with van der Waals surface area (Å²) < 4.78 is 10.5. The summed E-state index contributed by atoms with van der Waals surface area (Å²) in [6.45, 7) is 1.05. The molecule has 1 saturated heterocycles. The van der Waals surface area contributed by atoms with Gasteiger partial charge in [0, 0.05) is 12.2 Å². The van der Waals surface area contributed by atoms with Gasteiger partial charge in [0.15, 0.2) is 0 Å². The van der Waals surface area contributed by atoms with Crippen LogP contribution in [-0.4, -0.2) is 25.7 Å². The number of aromatic nitrogens is 1. The van der Waals surface area contributed by atoms with E-state index in [1.165, 1.54) is 0 Å². The molecule has 1 aromatic heterocycles. The van der Waals surface area contributed by atoms with Crippen LogP contribution in [0.2, 0.25) is 0 Å². The van der Waals surface area contributed by atoms with Crippen LogP contribution >= 0.6 is 0 Å². The molecule has 1 aromatic rings. The van der Waals surface area contributed by atoms with Gasteiger partial charge in [0.2, 0.25) is 5.88 Å². The molecule has 1 aliphatic heterocycles. The van der Waals surface area contributed by atoms with Crippen LogP contribution in [0.3, 0.4) is 0 Å². The van der Waals surface area contributed by atoms with Crippen molar-refractivity contribution in [3.63, 3.8) is 0 Å². The summed E-state index contributed by atoms with van der Waals surface area (Å²) in [5.41, 5.74) is 1.03. The molecule has 0 saturated carbocycles. The van der Waals surface area contributed by atoms with E-state index in [1.807, 2.05) is 6.07 Å². The lowest BCUT2D eigenvalue weighted by Crippen LogP contribution is -2.35. The summed E-state index contributed by atoms with van der Waals surface area (Å²) in [7, 11) is 3.29. The quantitative estimate of drug-likeness (QED) is 0.783. The Morgan fingerprint density at radius 3 is 2.71 bits per heavy atom. The van der Waals surface area contributed by atoms with Gasteiger partial charge in [-0.3, -0.25) is 0 Å². The highest BCUT2D eigenvalue weighted by Gasteiger charge is 2.26. The number of rotatable bonds is 3. The third kappa shape index (κ3) is 1.42. The largest absolute Gasteiger partial charge is 0.496 e. The fraction of sp³-hybridized carbons (Fsp3) is 0.500.